The largest absolute Gasteiger partial charge is 0.306 e. The second-order valence-electron chi connectivity index (χ2n) is 6.42. The van der Waals surface area contributed by atoms with E-state index in [0.29, 0.717) is 6.04 Å². The van der Waals surface area contributed by atoms with E-state index in [2.05, 4.69) is 87.4 Å². The molecule has 3 rings (SSSR count). The van der Waals surface area contributed by atoms with Gasteiger partial charge in [-0.05, 0) is 45.1 Å². The lowest BCUT2D eigenvalue weighted by molar-refractivity contribution is 0.340. The number of thioether (sulfide) groups is 1. The van der Waals surface area contributed by atoms with E-state index < -0.39 is 0 Å². The van der Waals surface area contributed by atoms with Crippen molar-refractivity contribution >= 4 is 22.7 Å². The van der Waals surface area contributed by atoms with Crippen molar-refractivity contribution < 1.29 is 0 Å². The van der Waals surface area contributed by atoms with Crippen LogP contribution in [-0.4, -0.2) is 35.8 Å². The van der Waals surface area contributed by atoms with E-state index in [-0.39, 0.29) is 0 Å². The fourth-order valence-corrected chi connectivity index (χ4v) is 4.02. The van der Waals surface area contributed by atoms with Crippen molar-refractivity contribution in [1.29, 1.82) is 0 Å². The molecule has 1 unspecified atom stereocenters. The zero-order chi connectivity index (χ0) is 17.1. The molecule has 124 valence electrons. The van der Waals surface area contributed by atoms with Crippen LogP contribution < -0.4 is 0 Å². The first kappa shape index (κ1) is 17.0. The molecule has 0 amide bonds. The highest BCUT2D eigenvalue weighted by Gasteiger charge is 2.15. The van der Waals surface area contributed by atoms with Gasteiger partial charge < -0.3 is 4.90 Å². The highest BCUT2D eigenvalue weighted by Crippen LogP contribution is 2.36. The molecule has 3 aromatic rings. The zero-order valence-electron chi connectivity index (χ0n) is 14.8. The van der Waals surface area contributed by atoms with E-state index in [1.807, 2.05) is 11.8 Å². The molecular weight excluding hydrogens is 312 g/mol. The van der Waals surface area contributed by atoms with E-state index in [9.17, 15) is 0 Å². The first-order chi connectivity index (χ1) is 11.6. The van der Waals surface area contributed by atoms with Crippen LogP contribution in [-0.2, 0) is 0 Å². The van der Waals surface area contributed by atoms with Crippen LogP contribution in [0.1, 0.15) is 12.5 Å². The highest BCUT2D eigenvalue weighted by molar-refractivity contribution is 7.99. The van der Waals surface area contributed by atoms with Crippen molar-refractivity contribution in [2.24, 2.45) is 0 Å². The summed E-state index contributed by atoms with van der Waals surface area (Å²) in [5.41, 5.74) is 4.90. The van der Waals surface area contributed by atoms with Crippen LogP contribution in [0, 0.1) is 6.92 Å². The summed E-state index contributed by atoms with van der Waals surface area (Å²) in [6, 6.07) is 19.6. The number of benzene rings is 2. The molecule has 24 heavy (non-hydrogen) atoms. The van der Waals surface area contributed by atoms with Gasteiger partial charge in [0.25, 0.3) is 0 Å². The van der Waals surface area contributed by atoms with Crippen molar-refractivity contribution in [1.82, 2.24) is 9.88 Å². The molecule has 0 saturated carbocycles. The average Bonchev–Trinajstić information content (AvgIpc) is 2.60. The van der Waals surface area contributed by atoms with E-state index >= 15 is 0 Å². The molecule has 1 atom stereocenters. The molecule has 0 spiro atoms. The maximum atomic E-state index is 4.99. The lowest BCUT2D eigenvalue weighted by Crippen LogP contribution is -2.26. The summed E-state index contributed by atoms with van der Waals surface area (Å²) in [6.45, 7) is 4.47. The van der Waals surface area contributed by atoms with Crippen LogP contribution in [0.15, 0.2) is 59.6 Å². The first-order valence-electron chi connectivity index (χ1n) is 8.32. The van der Waals surface area contributed by atoms with Gasteiger partial charge in [0.15, 0.2) is 0 Å². The summed E-state index contributed by atoms with van der Waals surface area (Å²) in [7, 11) is 4.25. The number of nitrogens with zero attached hydrogens (tertiary/aromatic N) is 2. The quantitative estimate of drug-likeness (QED) is 0.592. The smallest absolute Gasteiger partial charge is 0.105 e. The summed E-state index contributed by atoms with van der Waals surface area (Å²) in [5.74, 6) is 1.03. The minimum absolute atomic E-state index is 0.507. The Bertz CT molecular complexity index is 828. The normalized spacial score (nSPS) is 12.7. The van der Waals surface area contributed by atoms with Gasteiger partial charge >= 0.3 is 0 Å². The SMILES string of the molecule is Cc1c(-c2ccccc2)c(SCC(C)N(C)C)nc2ccccc12. The predicted octanol–water partition coefficient (Wildman–Crippen LogP) is 5.25. The average molecular weight is 337 g/mol. The topological polar surface area (TPSA) is 16.1 Å². The Morgan fingerprint density at radius 3 is 2.38 bits per heavy atom. The summed E-state index contributed by atoms with van der Waals surface area (Å²) in [5, 5.41) is 2.37. The Balaban J connectivity index is 2.11. The molecule has 0 saturated heterocycles. The van der Waals surface area contributed by atoms with Crippen LogP contribution in [0.25, 0.3) is 22.0 Å². The molecule has 2 aromatic carbocycles. The molecule has 1 aromatic heterocycles. The van der Waals surface area contributed by atoms with Crippen molar-refractivity contribution in [3.05, 3.63) is 60.2 Å². The van der Waals surface area contributed by atoms with Gasteiger partial charge in [0, 0.05) is 22.7 Å². The van der Waals surface area contributed by atoms with E-state index in [1.54, 1.807) is 0 Å². The van der Waals surface area contributed by atoms with E-state index in [0.717, 1.165) is 16.3 Å². The fourth-order valence-electron chi connectivity index (χ4n) is 2.75. The molecule has 2 nitrogen and oxygen atoms in total. The molecule has 0 N–H and O–H groups in total. The van der Waals surface area contributed by atoms with Gasteiger partial charge in [-0.25, -0.2) is 4.98 Å². The predicted molar refractivity (Wildman–Crippen MR) is 106 cm³/mol. The lowest BCUT2D eigenvalue weighted by atomic mass is 9.99. The first-order valence-corrected chi connectivity index (χ1v) is 9.30. The second kappa shape index (κ2) is 7.37. The van der Waals surface area contributed by atoms with Gasteiger partial charge in [-0.2, -0.15) is 0 Å². The van der Waals surface area contributed by atoms with Crippen molar-refractivity contribution in [2.45, 2.75) is 24.9 Å². The van der Waals surface area contributed by atoms with Gasteiger partial charge in [-0.15, -0.1) is 11.8 Å². The van der Waals surface area contributed by atoms with Gasteiger partial charge in [0.2, 0.25) is 0 Å². The summed E-state index contributed by atoms with van der Waals surface area (Å²) < 4.78 is 0. The second-order valence-corrected chi connectivity index (χ2v) is 7.43. The Morgan fingerprint density at radius 2 is 1.67 bits per heavy atom. The lowest BCUT2D eigenvalue weighted by Gasteiger charge is -2.20. The number of aromatic nitrogens is 1. The van der Waals surface area contributed by atoms with Gasteiger partial charge in [0.05, 0.1) is 5.52 Å². The molecule has 0 fully saturated rings. The van der Waals surface area contributed by atoms with Crippen molar-refractivity contribution in [2.75, 3.05) is 19.8 Å². The third-order valence-electron chi connectivity index (χ3n) is 4.52. The van der Waals surface area contributed by atoms with Gasteiger partial charge in [-0.3, -0.25) is 0 Å². The molecule has 0 aliphatic rings. The van der Waals surface area contributed by atoms with Crippen molar-refractivity contribution in [3.8, 4) is 11.1 Å². The standard InChI is InChI=1S/C21H24N2S/c1-15(23(3)4)14-24-21-20(17-10-6-5-7-11-17)16(2)18-12-8-9-13-19(18)22-21/h5-13,15H,14H2,1-4H3. The number of para-hydroxylation sites is 1. The Labute approximate surface area is 148 Å². The molecular formula is C21H24N2S. The van der Waals surface area contributed by atoms with E-state index in [4.69, 9.17) is 4.98 Å². The summed E-state index contributed by atoms with van der Waals surface area (Å²) in [4.78, 5) is 7.24. The number of aryl methyl sites for hydroxylation is 1. The Morgan fingerprint density at radius 1 is 1.00 bits per heavy atom. The Kier molecular flexibility index (Phi) is 5.22. The highest BCUT2D eigenvalue weighted by atomic mass is 32.2. The summed E-state index contributed by atoms with van der Waals surface area (Å²) >= 11 is 1.85. The van der Waals surface area contributed by atoms with Gasteiger partial charge in [0.1, 0.15) is 5.03 Å². The van der Waals surface area contributed by atoms with E-state index in [1.165, 1.54) is 22.1 Å². The number of fused-ring (bicyclic) bond motifs is 1. The number of rotatable bonds is 5. The maximum absolute atomic E-state index is 4.99. The minimum atomic E-state index is 0.507. The van der Waals surface area contributed by atoms with Crippen LogP contribution >= 0.6 is 11.8 Å². The third kappa shape index (κ3) is 3.47. The zero-order valence-corrected chi connectivity index (χ0v) is 15.6. The maximum Gasteiger partial charge on any atom is 0.105 e. The summed E-state index contributed by atoms with van der Waals surface area (Å²) in [6.07, 6.45) is 0. The molecule has 0 radical (unpaired) electrons. The number of hydrogen-bond acceptors (Lipinski definition) is 3. The van der Waals surface area contributed by atoms with Crippen LogP contribution in [0.5, 0.6) is 0 Å². The monoisotopic (exact) mass is 336 g/mol. The van der Waals surface area contributed by atoms with Crippen molar-refractivity contribution in [3.63, 3.8) is 0 Å². The third-order valence-corrected chi connectivity index (χ3v) is 5.74. The fraction of sp³-hybridized carbons (Fsp3) is 0.286. The number of pyridine rings is 1. The van der Waals surface area contributed by atoms with Crippen LogP contribution in [0.3, 0.4) is 0 Å². The molecule has 0 aliphatic heterocycles. The van der Waals surface area contributed by atoms with Crippen LogP contribution in [0.2, 0.25) is 0 Å². The molecule has 0 aliphatic carbocycles. The molecule has 1 heterocycles. The number of hydrogen-bond donors (Lipinski definition) is 0. The van der Waals surface area contributed by atoms with Crippen LogP contribution in [0.4, 0.5) is 0 Å². The Hall–Kier alpha value is -1.84. The van der Waals surface area contributed by atoms with Gasteiger partial charge in [-0.1, -0.05) is 48.5 Å². The molecule has 0 bridgehead atoms. The molecule has 3 heteroatoms. The minimum Gasteiger partial charge on any atom is -0.306 e.